The highest BCUT2D eigenvalue weighted by Crippen LogP contribution is 2.36. The summed E-state index contributed by atoms with van der Waals surface area (Å²) in [4.78, 5) is 15.9. The molecule has 0 aliphatic rings. The van der Waals surface area contributed by atoms with E-state index in [0.717, 1.165) is 28.5 Å². The number of aromatic amines is 1. The van der Waals surface area contributed by atoms with Crippen LogP contribution < -0.4 is 5.32 Å². The highest BCUT2D eigenvalue weighted by molar-refractivity contribution is 6.31. The number of halogens is 1. The van der Waals surface area contributed by atoms with Crippen molar-refractivity contribution < 1.29 is 4.79 Å². The average Bonchev–Trinajstić information content (AvgIpc) is 3.04. The highest BCUT2D eigenvalue weighted by atomic mass is 35.5. The largest absolute Gasteiger partial charge is 0.361 e. The molecule has 0 fully saturated rings. The second kappa shape index (κ2) is 7.75. The summed E-state index contributed by atoms with van der Waals surface area (Å²) in [5.41, 5.74) is 3.15. The van der Waals surface area contributed by atoms with E-state index < -0.39 is 0 Å². The van der Waals surface area contributed by atoms with Crippen LogP contribution in [0.5, 0.6) is 0 Å². The van der Waals surface area contributed by atoms with Gasteiger partial charge >= 0.3 is 0 Å². The second-order valence-corrected chi connectivity index (χ2v) is 6.85. The summed E-state index contributed by atoms with van der Waals surface area (Å²) < 4.78 is 0. The summed E-state index contributed by atoms with van der Waals surface area (Å²) in [5, 5.41) is 4.88. The van der Waals surface area contributed by atoms with Gasteiger partial charge in [0.25, 0.3) is 0 Å². The molecular weight excluding hydrogens is 332 g/mol. The van der Waals surface area contributed by atoms with Crippen molar-refractivity contribution in [2.24, 2.45) is 0 Å². The molecule has 3 aromatic rings. The molecule has 0 bridgehead atoms. The van der Waals surface area contributed by atoms with Crippen molar-refractivity contribution in [3.63, 3.8) is 0 Å². The standard InChI is InChI=1S/C21H23ClN2O/c1-3-14(2)24-21(25)12-17(15-8-4-6-10-19(15)22)18-13-23-20-11-7-5-9-16(18)20/h4-11,13-14,17,23H,3,12H2,1-2H3,(H,24,25)/t14-,17-/m0/s1. The van der Waals surface area contributed by atoms with E-state index in [4.69, 9.17) is 11.6 Å². The van der Waals surface area contributed by atoms with Crippen molar-refractivity contribution >= 4 is 28.4 Å². The number of amides is 1. The number of H-pyrrole nitrogens is 1. The number of nitrogens with one attached hydrogen (secondary N) is 2. The first-order valence-corrected chi connectivity index (χ1v) is 9.07. The number of fused-ring (bicyclic) bond motifs is 1. The number of hydrogen-bond acceptors (Lipinski definition) is 1. The number of hydrogen-bond donors (Lipinski definition) is 2. The molecule has 2 atom stereocenters. The minimum atomic E-state index is -0.0890. The summed E-state index contributed by atoms with van der Waals surface area (Å²) in [6.07, 6.45) is 3.28. The molecule has 0 spiro atoms. The van der Waals surface area contributed by atoms with Gasteiger partial charge in [-0.25, -0.2) is 0 Å². The molecule has 0 radical (unpaired) electrons. The quantitative estimate of drug-likeness (QED) is 0.623. The van der Waals surface area contributed by atoms with Crippen LogP contribution >= 0.6 is 11.6 Å². The summed E-state index contributed by atoms with van der Waals surface area (Å²) in [6.45, 7) is 4.09. The third-order valence-electron chi connectivity index (χ3n) is 4.69. The number of benzene rings is 2. The van der Waals surface area contributed by atoms with Gasteiger partial charge in [0, 0.05) is 40.5 Å². The molecule has 130 valence electrons. The second-order valence-electron chi connectivity index (χ2n) is 6.44. The van der Waals surface area contributed by atoms with Gasteiger partial charge in [0.05, 0.1) is 0 Å². The molecule has 2 N–H and O–H groups in total. The van der Waals surface area contributed by atoms with Crippen molar-refractivity contribution in [2.45, 2.75) is 38.6 Å². The fourth-order valence-corrected chi connectivity index (χ4v) is 3.42. The topological polar surface area (TPSA) is 44.9 Å². The zero-order valence-electron chi connectivity index (χ0n) is 14.6. The van der Waals surface area contributed by atoms with Gasteiger partial charge in [-0.05, 0) is 36.6 Å². The van der Waals surface area contributed by atoms with E-state index in [1.54, 1.807) is 0 Å². The highest BCUT2D eigenvalue weighted by Gasteiger charge is 2.23. The molecule has 0 unspecified atom stereocenters. The Morgan fingerprint density at radius 3 is 2.60 bits per heavy atom. The Morgan fingerprint density at radius 2 is 1.84 bits per heavy atom. The minimum absolute atomic E-state index is 0.0459. The van der Waals surface area contributed by atoms with Crippen molar-refractivity contribution in [2.75, 3.05) is 0 Å². The molecule has 0 saturated heterocycles. The van der Waals surface area contributed by atoms with Crippen LogP contribution in [-0.2, 0) is 4.79 Å². The predicted octanol–water partition coefficient (Wildman–Crippen LogP) is 5.26. The Labute approximate surface area is 153 Å². The maximum atomic E-state index is 12.6. The normalized spacial score (nSPS) is 13.6. The van der Waals surface area contributed by atoms with Crippen LogP contribution in [-0.4, -0.2) is 16.9 Å². The zero-order valence-corrected chi connectivity index (χ0v) is 15.3. The third-order valence-corrected chi connectivity index (χ3v) is 5.03. The van der Waals surface area contributed by atoms with E-state index in [2.05, 4.69) is 23.3 Å². The van der Waals surface area contributed by atoms with Gasteiger partial charge in [0.2, 0.25) is 5.91 Å². The van der Waals surface area contributed by atoms with Gasteiger partial charge in [-0.2, -0.15) is 0 Å². The number of aromatic nitrogens is 1. The molecule has 1 heterocycles. The predicted molar refractivity (Wildman–Crippen MR) is 104 cm³/mol. The molecule has 4 heteroatoms. The number of carbonyl (C=O) groups excluding carboxylic acids is 1. The van der Waals surface area contributed by atoms with Gasteiger partial charge < -0.3 is 10.3 Å². The SMILES string of the molecule is CC[C@H](C)NC(=O)C[C@@H](c1ccccc1Cl)c1c[nH]c2ccccc12. The van der Waals surface area contributed by atoms with Crippen LogP contribution in [0.15, 0.2) is 54.7 Å². The van der Waals surface area contributed by atoms with E-state index in [1.165, 1.54) is 0 Å². The fourth-order valence-electron chi connectivity index (χ4n) is 3.15. The zero-order chi connectivity index (χ0) is 17.8. The Hall–Kier alpha value is -2.26. The van der Waals surface area contributed by atoms with Crippen LogP contribution in [0.3, 0.4) is 0 Å². The molecule has 1 aromatic heterocycles. The summed E-state index contributed by atoms with van der Waals surface area (Å²) in [5.74, 6) is -0.0431. The number of rotatable bonds is 6. The summed E-state index contributed by atoms with van der Waals surface area (Å²) in [7, 11) is 0. The maximum Gasteiger partial charge on any atom is 0.221 e. The van der Waals surface area contributed by atoms with Crippen molar-refractivity contribution in [3.8, 4) is 0 Å². The molecule has 1 amide bonds. The lowest BCUT2D eigenvalue weighted by Gasteiger charge is -2.20. The van der Waals surface area contributed by atoms with Crippen LogP contribution in [0.2, 0.25) is 5.02 Å². The first-order chi connectivity index (χ1) is 12.1. The van der Waals surface area contributed by atoms with Gasteiger partial charge in [-0.3, -0.25) is 4.79 Å². The van der Waals surface area contributed by atoms with Gasteiger partial charge in [-0.1, -0.05) is 54.9 Å². The number of carbonyl (C=O) groups is 1. The van der Waals surface area contributed by atoms with Crippen molar-refractivity contribution in [1.82, 2.24) is 10.3 Å². The van der Waals surface area contributed by atoms with Crippen LogP contribution in [0.1, 0.15) is 43.7 Å². The Bertz CT molecular complexity index is 871. The molecule has 0 aliphatic heterocycles. The van der Waals surface area contributed by atoms with Gasteiger partial charge in [-0.15, -0.1) is 0 Å². The number of para-hydroxylation sites is 1. The minimum Gasteiger partial charge on any atom is -0.361 e. The van der Waals surface area contributed by atoms with E-state index in [9.17, 15) is 4.79 Å². The lowest BCUT2D eigenvalue weighted by atomic mass is 9.88. The first-order valence-electron chi connectivity index (χ1n) is 8.70. The molecule has 0 aliphatic carbocycles. The van der Waals surface area contributed by atoms with Gasteiger partial charge in [0.1, 0.15) is 0 Å². The average molecular weight is 355 g/mol. The van der Waals surface area contributed by atoms with Crippen LogP contribution in [0.25, 0.3) is 10.9 Å². The van der Waals surface area contributed by atoms with Crippen LogP contribution in [0.4, 0.5) is 0 Å². The smallest absolute Gasteiger partial charge is 0.221 e. The molecule has 25 heavy (non-hydrogen) atoms. The van der Waals surface area contributed by atoms with E-state index in [1.807, 2.05) is 55.6 Å². The molecule has 3 rings (SSSR count). The van der Waals surface area contributed by atoms with Gasteiger partial charge in [0.15, 0.2) is 0 Å². The van der Waals surface area contributed by atoms with Crippen molar-refractivity contribution in [1.29, 1.82) is 0 Å². The molecular formula is C21H23ClN2O. The fraction of sp³-hybridized carbons (Fsp3) is 0.286. The maximum absolute atomic E-state index is 12.6. The molecule has 2 aromatic carbocycles. The molecule has 0 saturated carbocycles. The van der Waals surface area contributed by atoms with E-state index >= 15 is 0 Å². The Balaban J connectivity index is 2.01. The van der Waals surface area contributed by atoms with E-state index in [0.29, 0.717) is 11.4 Å². The van der Waals surface area contributed by atoms with Crippen molar-refractivity contribution in [3.05, 3.63) is 70.9 Å². The molecule has 3 nitrogen and oxygen atoms in total. The lowest BCUT2D eigenvalue weighted by Crippen LogP contribution is -2.33. The Morgan fingerprint density at radius 1 is 1.12 bits per heavy atom. The van der Waals surface area contributed by atoms with E-state index in [-0.39, 0.29) is 17.9 Å². The lowest BCUT2D eigenvalue weighted by molar-refractivity contribution is -0.121. The Kier molecular flexibility index (Phi) is 5.44. The summed E-state index contributed by atoms with van der Waals surface area (Å²) in [6, 6.07) is 16.1. The monoisotopic (exact) mass is 354 g/mol. The summed E-state index contributed by atoms with van der Waals surface area (Å²) >= 11 is 6.46. The van der Waals surface area contributed by atoms with Crippen LogP contribution in [0, 0.1) is 0 Å². The third kappa shape index (κ3) is 3.88. The first kappa shape index (κ1) is 17.6.